The monoisotopic (exact) mass is 936 g/mol. The normalized spacial score (nSPS) is 13.0. The van der Waals surface area contributed by atoms with Gasteiger partial charge in [-0.3, -0.25) is 0 Å². The summed E-state index contributed by atoms with van der Waals surface area (Å²) in [5, 5.41) is 11.6. The summed E-state index contributed by atoms with van der Waals surface area (Å²) in [5.41, 5.74) is 19.9. The quantitative estimate of drug-likeness (QED) is 0.149. The van der Waals surface area contributed by atoms with Crippen molar-refractivity contribution in [2.24, 2.45) is 0 Å². The third kappa shape index (κ3) is 6.14. The number of aryl methyl sites for hydroxylation is 2. The lowest BCUT2D eigenvalue weighted by atomic mass is 9.82. The summed E-state index contributed by atoms with van der Waals surface area (Å²) in [6.45, 7) is 9.12. The molecular formula is C69H48N2O2. The molecule has 0 amide bonds. The maximum atomic E-state index is 6.81. The molecule has 0 saturated heterocycles. The van der Waals surface area contributed by atoms with Crippen LogP contribution in [0.4, 0.5) is 34.1 Å². The SMILES string of the molecule is Cc1ccccc1-c1ccc(N(c2cc3ccc4cc(N(c5ccc6c(c5)C(C)(C)c5ccccc5-6)c5cccc6c5oc5ccccc56)cc5ccc(c2)c3c45)c2cccc3c2oc2ccccc23)cc1C. The number of fused-ring (bicyclic) bond motifs is 9. The zero-order valence-corrected chi connectivity index (χ0v) is 41.0. The minimum Gasteiger partial charge on any atom is -0.454 e. The minimum atomic E-state index is -0.164. The fourth-order valence-corrected chi connectivity index (χ4v) is 12.5. The number of para-hydroxylation sites is 4. The molecule has 73 heavy (non-hydrogen) atoms. The number of benzene rings is 12. The number of anilines is 6. The van der Waals surface area contributed by atoms with E-state index in [1.165, 1.54) is 76.8 Å². The van der Waals surface area contributed by atoms with Crippen LogP contribution in [0.25, 0.3) is 98.4 Å². The lowest BCUT2D eigenvalue weighted by Gasteiger charge is -2.29. The van der Waals surface area contributed by atoms with E-state index in [-0.39, 0.29) is 5.41 Å². The van der Waals surface area contributed by atoms with E-state index in [2.05, 4.69) is 244 Å². The maximum absolute atomic E-state index is 6.81. The van der Waals surface area contributed by atoms with Gasteiger partial charge in [-0.1, -0.05) is 159 Å². The third-order valence-corrected chi connectivity index (χ3v) is 16.0. The summed E-state index contributed by atoms with van der Waals surface area (Å²) in [7, 11) is 0. The first-order valence-corrected chi connectivity index (χ1v) is 25.3. The van der Waals surface area contributed by atoms with Crippen LogP contribution in [0, 0.1) is 13.8 Å². The molecule has 0 saturated carbocycles. The highest BCUT2D eigenvalue weighted by atomic mass is 16.3. The lowest BCUT2D eigenvalue weighted by molar-refractivity contribution is 0.660. The van der Waals surface area contributed by atoms with Crippen molar-refractivity contribution in [3.8, 4) is 22.3 Å². The second-order valence-electron chi connectivity index (χ2n) is 20.6. The van der Waals surface area contributed by atoms with E-state index in [1.54, 1.807) is 0 Å². The Morgan fingerprint density at radius 3 is 1.32 bits per heavy atom. The molecule has 4 nitrogen and oxygen atoms in total. The molecule has 15 rings (SSSR count). The Morgan fingerprint density at radius 2 is 0.767 bits per heavy atom. The molecular weight excluding hydrogens is 889 g/mol. The van der Waals surface area contributed by atoms with E-state index in [0.29, 0.717) is 0 Å². The van der Waals surface area contributed by atoms with Crippen LogP contribution in [0.5, 0.6) is 0 Å². The van der Waals surface area contributed by atoms with Gasteiger partial charge in [0.25, 0.3) is 0 Å². The standard InChI is InChI=1S/C69H48N2O2/c1-41-15-5-6-16-51(41)52-33-31-47(35-42(52)2)70(61-23-13-20-57-55-18-8-11-25-63(55)72-67(57)61)49-36-43-27-29-45-38-50(39-46-30-28-44(37-49)65(43)66(45)46)71(62-24-14-21-58-56-19-9-12-26-64(56)73-68(58)62)48-32-34-54-53-17-7-10-22-59(53)69(3,4)60(54)40-48/h5-40H,1-4H3. The van der Waals surface area contributed by atoms with Gasteiger partial charge in [-0.05, 0) is 163 Å². The van der Waals surface area contributed by atoms with E-state index in [1.807, 2.05) is 12.1 Å². The zero-order chi connectivity index (χ0) is 48.7. The molecule has 0 N–H and O–H groups in total. The predicted octanol–water partition coefficient (Wildman–Crippen LogP) is 19.9. The number of nitrogens with zero attached hydrogens (tertiary/aromatic N) is 2. The Kier molecular flexibility index (Phi) is 8.81. The first kappa shape index (κ1) is 41.6. The van der Waals surface area contributed by atoms with Crippen LogP contribution in [0.1, 0.15) is 36.1 Å². The van der Waals surface area contributed by atoms with Gasteiger partial charge in [0, 0.05) is 49.7 Å². The molecule has 1 aliphatic rings. The van der Waals surface area contributed by atoms with E-state index in [4.69, 9.17) is 8.83 Å². The molecule has 0 aliphatic heterocycles. The Morgan fingerprint density at radius 1 is 0.329 bits per heavy atom. The van der Waals surface area contributed by atoms with Crippen molar-refractivity contribution in [2.75, 3.05) is 9.80 Å². The first-order chi connectivity index (χ1) is 35.8. The summed E-state index contributed by atoms with van der Waals surface area (Å²) < 4.78 is 13.6. The van der Waals surface area contributed by atoms with E-state index >= 15 is 0 Å². The van der Waals surface area contributed by atoms with Crippen LogP contribution in [0.15, 0.2) is 227 Å². The molecule has 1 aliphatic carbocycles. The van der Waals surface area contributed by atoms with Gasteiger partial charge in [0.05, 0.1) is 11.4 Å². The van der Waals surface area contributed by atoms with Crippen LogP contribution < -0.4 is 9.80 Å². The van der Waals surface area contributed by atoms with Gasteiger partial charge in [-0.25, -0.2) is 0 Å². The van der Waals surface area contributed by atoms with Crippen LogP contribution in [-0.2, 0) is 5.41 Å². The molecule has 0 bridgehead atoms. The maximum Gasteiger partial charge on any atom is 0.159 e. The fraction of sp³-hybridized carbons (Fsp3) is 0.0725. The molecule has 0 spiro atoms. The summed E-state index contributed by atoms with van der Waals surface area (Å²) in [6, 6.07) is 79.9. The van der Waals surface area contributed by atoms with Crippen molar-refractivity contribution < 1.29 is 8.83 Å². The molecule has 14 aromatic rings. The Labute approximate surface area is 422 Å². The second-order valence-corrected chi connectivity index (χ2v) is 20.6. The van der Waals surface area contributed by atoms with Gasteiger partial charge >= 0.3 is 0 Å². The first-order valence-electron chi connectivity index (χ1n) is 25.3. The fourth-order valence-electron chi connectivity index (χ4n) is 12.5. The highest BCUT2D eigenvalue weighted by Crippen LogP contribution is 2.53. The van der Waals surface area contributed by atoms with Crippen LogP contribution in [0.2, 0.25) is 0 Å². The molecule has 0 radical (unpaired) electrons. The summed E-state index contributed by atoms with van der Waals surface area (Å²) in [4.78, 5) is 4.80. The number of furan rings is 2. The number of hydrogen-bond donors (Lipinski definition) is 0. The van der Waals surface area contributed by atoms with Crippen molar-refractivity contribution in [3.05, 3.63) is 241 Å². The van der Waals surface area contributed by atoms with E-state index < -0.39 is 0 Å². The van der Waals surface area contributed by atoms with Gasteiger partial charge in [-0.2, -0.15) is 0 Å². The van der Waals surface area contributed by atoms with Gasteiger partial charge in [-0.15, -0.1) is 0 Å². The highest BCUT2D eigenvalue weighted by Gasteiger charge is 2.36. The average Bonchev–Trinajstić information content (AvgIpc) is 4.07. The Balaban J connectivity index is 0.919. The van der Waals surface area contributed by atoms with Crippen molar-refractivity contribution in [1.29, 1.82) is 0 Å². The minimum absolute atomic E-state index is 0.164. The Hall–Kier alpha value is -9.12. The number of hydrogen-bond acceptors (Lipinski definition) is 4. The van der Waals surface area contributed by atoms with Crippen molar-refractivity contribution >= 4 is 110 Å². The predicted molar refractivity (Wildman–Crippen MR) is 307 cm³/mol. The average molecular weight is 937 g/mol. The summed E-state index contributed by atoms with van der Waals surface area (Å²) in [5.74, 6) is 0. The van der Waals surface area contributed by atoms with E-state index in [0.717, 1.165) is 78.0 Å². The molecule has 2 aromatic heterocycles. The van der Waals surface area contributed by atoms with Gasteiger partial charge in [0.15, 0.2) is 11.2 Å². The smallest absolute Gasteiger partial charge is 0.159 e. The molecule has 346 valence electrons. The van der Waals surface area contributed by atoms with Crippen molar-refractivity contribution in [3.63, 3.8) is 0 Å². The topological polar surface area (TPSA) is 32.8 Å². The van der Waals surface area contributed by atoms with Gasteiger partial charge in [0.2, 0.25) is 0 Å². The molecule has 0 fully saturated rings. The van der Waals surface area contributed by atoms with Crippen LogP contribution >= 0.6 is 0 Å². The van der Waals surface area contributed by atoms with Gasteiger partial charge in [0.1, 0.15) is 11.2 Å². The molecule has 12 aromatic carbocycles. The molecule has 0 atom stereocenters. The summed E-state index contributed by atoms with van der Waals surface area (Å²) in [6.07, 6.45) is 0. The molecule has 0 unspecified atom stereocenters. The van der Waals surface area contributed by atoms with Crippen molar-refractivity contribution in [1.82, 2.24) is 0 Å². The lowest BCUT2D eigenvalue weighted by Crippen LogP contribution is -2.16. The number of rotatable bonds is 7. The van der Waals surface area contributed by atoms with Crippen LogP contribution in [0.3, 0.4) is 0 Å². The van der Waals surface area contributed by atoms with Crippen molar-refractivity contribution in [2.45, 2.75) is 33.1 Å². The van der Waals surface area contributed by atoms with E-state index in [9.17, 15) is 0 Å². The Bertz CT molecular complexity index is 4520. The largest absolute Gasteiger partial charge is 0.454 e. The second kappa shape index (κ2) is 15.4. The van der Waals surface area contributed by atoms with Crippen LogP contribution in [-0.4, -0.2) is 0 Å². The third-order valence-electron chi connectivity index (χ3n) is 16.0. The highest BCUT2D eigenvalue weighted by molar-refractivity contribution is 6.25. The molecule has 4 heteroatoms. The summed E-state index contributed by atoms with van der Waals surface area (Å²) >= 11 is 0. The zero-order valence-electron chi connectivity index (χ0n) is 41.0. The molecule has 2 heterocycles. The van der Waals surface area contributed by atoms with Gasteiger partial charge < -0.3 is 18.6 Å².